The molecule has 0 aromatic heterocycles. The predicted molar refractivity (Wildman–Crippen MR) is 84.9 cm³/mol. The summed E-state index contributed by atoms with van der Waals surface area (Å²) in [5.41, 5.74) is -0.469. The van der Waals surface area contributed by atoms with Gasteiger partial charge in [0.2, 0.25) is 0 Å². The van der Waals surface area contributed by atoms with E-state index in [4.69, 9.17) is 4.74 Å². The first-order chi connectivity index (χ1) is 10.0. The third-order valence-electron chi connectivity index (χ3n) is 2.82. The maximum Gasteiger partial charge on any atom is 0.408 e. The summed E-state index contributed by atoms with van der Waals surface area (Å²) in [5.74, 6) is -0.279. The predicted octanol–water partition coefficient (Wildman–Crippen LogP) is 2.49. The number of nitrogens with one attached hydrogen (secondary N) is 2. The Bertz CT molecular complexity index is 521. The molecule has 6 heteroatoms. The van der Waals surface area contributed by atoms with Gasteiger partial charge < -0.3 is 25.6 Å². The molecule has 4 N–H and O–H groups in total. The molecule has 1 amide bonds. The Morgan fingerprint density at radius 1 is 1.18 bits per heavy atom. The van der Waals surface area contributed by atoms with Crippen molar-refractivity contribution in [3.05, 3.63) is 23.8 Å². The molecule has 0 aliphatic rings. The van der Waals surface area contributed by atoms with Gasteiger partial charge in [-0.1, -0.05) is 12.1 Å². The summed E-state index contributed by atoms with van der Waals surface area (Å²) in [6.07, 6.45) is -0.473. The number of benzene rings is 1. The summed E-state index contributed by atoms with van der Waals surface area (Å²) in [7, 11) is 0. The Morgan fingerprint density at radius 2 is 1.82 bits per heavy atom. The van der Waals surface area contributed by atoms with Crippen molar-refractivity contribution in [2.45, 2.75) is 52.3 Å². The number of carbonyl (C=O) groups is 1. The fraction of sp³-hybridized carbons (Fsp3) is 0.562. The van der Waals surface area contributed by atoms with Crippen LogP contribution in [0.3, 0.4) is 0 Å². The number of phenols is 2. The zero-order chi connectivity index (χ0) is 17.0. The number of hydrogen-bond acceptors (Lipinski definition) is 5. The molecule has 0 aliphatic carbocycles. The van der Waals surface area contributed by atoms with Crippen LogP contribution in [0.2, 0.25) is 0 Å². The van der Waals surface area contributed by atoms with Crippen LogP contribution >= 0.6 is 0 Å². The Hall–Kier alpha value is -1.95. The third kappa shape index (κ3) is 6.22. The average Bonchev–Trinajstić information content (AvgIpc) is 2.31. The normalized spacial score (nSPS) is 12.0. The lowest BCUT2D eigenvalue weighted by Crippen LogP contribution is -2.51. The number of alkyl carbamates (subject to hydrolysis) is 1. The molecule has 0 spiro atoms. The fourth-order valence-electron chi connectivity index (χ4n) is 1.85. The molecular formula is C16H26N2O4. The molecule has 0 unspecified atom stereocenters. The Balaban J connectivity index is 2.49. The maximum absolute atomic E-state index is 11.8. The largest absolute Gasteiger partial charge is 0.504 e. The lowest BCUT2D eigenvalue weighted by Gasteiger charge is -2.29. The van der Waals surface area contributed by atoms with Crippen LogP contribution in [0.4, 0.5) is 4.79 Å². The van der Waals surface area contributed by atoms with Gasteiger partial charge in [-0.25, -0.2) is 4.79 Å². The van der Waals surface area contributed by atoms with Crippen molar-refractivity contribution in [3.63, 3.8) is 0 Å². The second-order valence-corrected chi connectivity index (χ2v) is 6.90. The highest BCUT2D eigenvalue weighted by Crippen LogP contribution is 2.27. The molecule has 0 fully saturated rings. The van der Waals surface area contributed by atoms with Gasteiger partial charge in [-0.2, -0.15) is 0 Å². The zero-order valence-electron chi connectivity index (χ0n) is 13.9. The quantitative estimate of drug-likeness (QED) is 0.627. The van der Waals surface area contributed by atoms with Crippen molar-refractivity contribution in [2.75, 3.05) is 6.54 Å². The first-order valence-corrected chi connectivity index (χ1v) is 7.22. The first kappa shape index (κ1) is 18.1. The molecule has 0 saturated carbocycles. The van der Waals surface area contributed by atoms with Crippen LogP contribution in [0.25, 0.3) is 0 Å². The van der Waals surface area contributed by atoms with E-state index in [2.05, 4.69) is 10.6 Å². The van der Waals surface area contributed by atoms with Gasteiger partial charge in [-0.05, 0) is 40.7 Å². The van der Waals surface area contributed by atoms with Gasteiger partial charge in [0.25, 0.3) is 0 Å². The number of aromatic hydroxyl groups is 2. The molecule has 6 nitrogen and oxygen atoms in total. The van der Waals surface area contributed by atoms with E-state index in [-0.39, 0.29) is 11.5 Å². The van der Waals surface area contributed by atoms with E-state index in [0.717, 1.165) is 0 Å². The smallest absolute Gasteiger partial charge is 0.408 e. The van der Waals surface area contributed by atoms with Gasteiger partial charge in [-0.3, -0.25) is 0 Å². The van der Waals surface area contributed by atoms with Gasteiger partial charge in [0.15, 0.2) is 11.5 Å². The monoisotopic (exact) mass is 310 g/mol. The van der Waals surface area contributed by atoms with E-state index >= 15 is 0 Å². The van der Waals surface area contributed by atoms with E-state index in [1.54, 1.807) is 12.1 Å². The first-order valence-electron chi connectivity index (χ1n) is 7.22. The fourth-order valence-corrected chi connectivity index (χ4v) is 1.85. The van der Waals surface area contributed by atoms with E-state index in [1.165, 1.54) is 6.07 Å². The summed E-state index contributed by atoms with van der Waals surface area (Å²) in [6.45, 7) is 10.0. The lowest BCUT2D eigenvalue weighted by molar-refractivity contribution is 0.0472. The standard InChI is InChI=1S/C16H26N2O4/c1-15(2,3)22-14(21)18-16(4,5)10-17-9-11-7-6-8-12(19)13(11)20/h6-8,17,19-20H,9-10H2,1-5H3,(H,18,21). The van der Waals surface area contributed by atoms with Crippen LogP contribution < -0.4 is 10.6 Å². The lowest BCUT2D eigenvalue weighted by atomic mass is 10.1. The van der Waals surface area contributed by atoms with E-state index < -0.39 is 17.2 Å². The molecule has 1 aromatic carbocycles. The molecule has 0 bridgehead atoms. The molecule has 0 saturated heterocycles. The Kier molecular flexibility index (Phi) is 5.65. The number of carbonyl (C=O) groups excluding carboxylic acids is 1. The highest BCUT2D eigenvalue weighted by Gasteiger charge is 2.24. The van der Waals surface area contributed by atoms with Crippen molar-refractivity contribution in [1.82, 2.24) is 10.6 Å². The number of amides is 1. The van der Waals surface area contributed by atoms with Crippen LogP contribution in [-0.4, -0.2) is 34.0 Å². The number of hydrogen-bond donors (Lipinski definition) is 4. The molecule has 0 heterocycles. The molecule has 0 aliphatic heterocycles. The number of para-hydroxylation sites is 1. The van der Waals surface area contributed by atoms with E-state index in [9.17, 15) is 15.0 Å². The molecular weight excluding hydrogens is 284 g/mol. The van der Waals surface area contributed by atoms with Crippen LogP contribution in [0.5, 0.6) is 11.5 Å². The molecule has 1 aromatic rings. The molecule has 0 atom stereocenters. The van der Waals surface area contributed by atoms with Crippen LogP contribution in [0.15, 0.2) is 18.2 Å². The number of ether oxygens (including phenoxy) is 1. The average molecular weight is 310 g/mol. The highest BCUT2D eigenvalue weighted by atomic mass is 16.6. The maximum atomic E-state index is 11.8. The zero-order valence-corrected chi connectivity index (χ0v) is 13.9. The van der Waals surface area contributed by atoms with Crippen molar-refractivity contribution in [2.24, 2.45) is 0 Å². The minimum Gasteiger partial charge on any atom is -0.504 e. The van der Waals surface area contributed by atoms with Gasteiger partial charge in [-0.15, -0.1) is 0 Å². The van der Waals surface area contributed by atoms with Crippen LogP contribution in [-0.2, 0) is 11.3 Å². The van der Waals surface area contributed by atoms with Crippen molar-refractivity contribution in [3.8, 4) is 11.5 Å². The van der Waals surface area contributed by atoms with Gasteiger partial charge >= 0.3 is 6.09 Å². The van der Waals surface area contributed by atoms with Crippen molar-refractivity contribution < 1.29 is 19.7 Å². The Labute approximate surface area is 131 Å². The minimum atomic E-state index is -0.541. The van der Waals surface area contributed by atoms with Crippen molar-refractivity contribution >= 4 is 6.09 Å². The number of phenolic OH excluding ortho intramolecular Hbond substituents is 2. The van der Waals surface area contributed by atoms with Gasteiger partial charge in [0, 0.05) is 18.7 Å². The SMILES string of the molecule is CC(C)(CNCc1cccc(O)c1O)NC(=O)OC(C)(C)C. The van der Waals surface area contributed by atoms with Crippen LogP contribution in [0.1, 0.15) is 40.2 Å². The molecule has 0 radical (unpaired) electrons. The summed E-state index contributed by atoms with van der Waals surface area (Å²) < 4.78 is 5.22. The van der Waals surface area contributed by atoms with Gasteiger partial charge in [0.1, 0.15) is 5.60 Å². The number of rotatable bonds is 5. The second-order valence-electron chi connectivity index (χ2n) is 6.90. The summed E-state index contributed by atoms with van der Waals surface area (Å²) >= 11 is 0. The molecule has 124 valence electrons. The molecule has 1 rings (SSSR count). The molecule has 22 heavy (non-hydrogen) atoms. The minimum absolute atomic E-state index is 0.132. The van der Waals surface area contributed by atoms with Crippen molar-refractivity contribution in [1.29, 1.82) is 0 Å². The van der Waals surface area contributed by atoms with Gasteiger partial charge in [0.05, 0.1) is 5.54 Å². The summed E-state index contributed by atoms with van der Waals surface area (Å²) in [5, 5.41) is 25.1. The summed E-state index contributed by atoms with van der Waals surface area (Å²) in [6, 6.07) is 4.80. The Morgan fingerprint density at radius 3 is 2.41 bits per heavy atom. The third-order valence-corrected chi connectivity index (χ3v) is 2.82. The van der Waals surface area contributed by atoms with E-state index in [1.807, 2.05) is 34.6 Å². The highest BCUT2D eigenvalue weighted by molar-refractivity contribution is 5.68. The van der Waals surface area contributed by atoms with E-state index in [0.29, 0.717) is 18.7 Å². The summed E-state index contributed by atoms with van der Waals surface area (Å²) in [4.78, 5) is 11.8. The van der Waals surface area contributed by atoms with Crippen LogP contribution in [0, 0.1) is 0 Å². The topological polar surface area (TPSA) is 90.8 Å². The second kappa shape index (κ2) is 6.87.